The lowest BCUT2D eigenvalue weighted by Crippen LogP contribution is -2.28. The predicted molar refractivity (Wildman–Crippen MR) is 121 cm³/mol. The van der Waals surface area contributed by atoms with Crippen molar-refractivity contribution >= 4 is 17.3 Å². The number of halogens is 3. The molecule has 0 atom stereocenters. The van der Waals surface area contributed by atoms with Crippen LogP contribution in [0.25, 0.3) is 0 Å². The number of para-hydroxylation sites is 1. The molecule has 34 heavy (non-hydrogen) atoms. The standard InChI is InChI=1S/C24H23F3N4O3/c25-24(26,27)17-8-10-21(30-12-4-5-13-30)20(16-17)28-23(33)19-9-11-22(32)31(29-19)14-15-34-18-6-2-1-3-7-18/h1-3,6-11,16H,4-5,12-15H2,(H,28,33). The second-order valence-electron chi connectivity index (χ2n) is 7.82. The van der Waals surface area contributed by atoms with Gasteiger partial charge in [-0.1, -0.05) is 18.2 Å². The van der Waals surface area contributed by atoms with E-state index in [2.05, 4.69) is 10.4 Å². The predicted octanol–water partition coefficient (Wildman–Crippen LogP) is 4.19. The maximum Gasteiger partial charge on any atom is 0.416 e. The van der Waals surface area contributed by atoms with Crippen molar-refractivity contribution in [1.29, 1.82) is 0 Å². The first-order valence-electron chi connectivity index (χ1n) is 10.8. The molecule has 1 N–H and O–H groups in total. The highest BCUT2D eigenvalue weighted by atomic mass is 19.4. The number of aromatic nitrogens is 2. The van der Waals surface area contributed by atoms with Crippen molar-refractivity contribution in [2.45, 2.75) is 25.6 Å². The fourth-order valence-electron chi connectivity index (χ4n) is 3.73. The summed E-state index contributed by atoms with van der Waals surface area (Å²) in [6.45, 7) is 1.63. The van der Waals surface area contributed by atoms with Crippen LogP contribution in [0, 0.1) is 0 Å². The zero-order chi connectivity index (χ0) is 24.1. The van der Waals surface area contributed by atoms with Gasteiger partial charge < -0.3 is 15.0 Å². The quantitative estimate of drug-likeness (QED) is 0.558. The molecule has 1 aliphatic rings. The van der Waals surface area contributed by atoms with E-state index >= 15 is 0 Å². The lowest BCUT2D eigenvalue weighted by Gasteiger charge is -2.23. The van der Waals surface area contributed by atoms with Gasteiger partial charge in [0, 0.05) is 19.2 Å². The Hall–Kier alpha value is -3.82. The van der Waals surface area contributed by atoms with Crippen LogP contribution in [0.2, 0.25) is 0 Å². The number of ether oxygens (including phenoxy) is 1. The summed E-state index contributed by atoms with van der Waals surface area (Å²) in [4.78, 5) is 27.0. The van der Waals surface area contributed by atoms with E-state index in [1.807, 2.05) is 23.1 Å². The van der Waals surface area contributed by atoms with Crippen LogP contribution in [0.4, 0.5) is 24.5 Å². The zero-order valence-corrected chi connectivity index (χ0v) is 18.2. The summed E-state index contributed by atoms with van der Waals surface area (Å²) in [5, 5.41) is 6.63. The van der Waals surface area contributed by atoms with E-state index in [4.69, 9.17) is 4.74 Å². The third-order valence-electron chi connectivity index (χ3n) is 5.43. The summed E-state index contributed by atoms with van der Waals surface area (Å²) in [5.41, 5.74) is -0.812. The fraction of sp³-hybridized carbons (Fsp3) is 0.292. The third kappa shape index (κ3) is 5.56. The number of hydrogen-bond acceptors (Lipinski definition) is 5. The Bertz CT molecular complexity index is 1210. The molecular weight excluding hydrogens is 449 g/mol. The number of anilines is 2. The lowest BCUT2D eigenvalue weighted by atomic mass is 10.1. The summed E-state index contributed by atoms with van der Waals surface area (Å²) < 4.78 is 46.5. The number of alkyl halides is 3. The second-order valence-corrected chi connectivity index (χ2v) is 7.82. The highest BCUT2D eigenvalue weighted by Crippen LogP contribution is 2.36. The molecule has 1 saturated heterocycles. The molecule has 0 radical (unpaired) electrons. The average molecular weight is 472 g/mol. The van der Waals surface area contributed by atoms with Crippen LogP contribution < -0.4 is 20.5 Å². The number of carbonyl (C=O) groups is 1. The van der Waals surface area contributed by atoms with Gasteiger partial charge in [0.05, 0.1) is 23.5 Å². The molecule has 0 saturated carbocycles. The molecule has 7 nitrogen and oxygen atoms in total. The van der Waals surface area contributed by atoms with Crippen LogP contribution in [0.15, 0.2) is 65.5 Å². The molecule has 0 aliphatic carbocycles. The third-order valence-corrected chi connectivity index (χ3v) is 5.43. The highest BCUT2D eigenvalue weighted by molar-refractivity contribution is 6.04. The first-order chi connectivity index (χ1) is 16.3. The largest absolute Gasteiger partial charge is 0.492 e. The Kier molecular flexibility index (Phi) is 6.85. The van der Waals surface area contributed by atoms with Crippen LogP contribution in [0.5, 0.6) is 5.75 Å². The van der Waals surface area contributed by atoms with Crippen molar-refractivity contribution in [2.75, 3.05) is 29.9 Å². The summed E-state index contributed by atoms with van der Waals surface area (Å²) in [6, 6.07) is 14.8. The summed E-state index contributed by atoms with van der Waals surface area (Å²) in [7, 11) is 0. The molecule has 4 rings (SSSR count). The minimum Gasteiger partial charge on any atom is -0.492 e. The van der Waals surface area contributed by atoms with Crippen molar-refractivity contribution < 1.29 is 22.7 Å². The van der Waals surface area contributed by atoms with Gasteiger partial charge in [-0.05, 0) is 49.2 Å². The van der Waals surface area contributed by atoms with Crippen LogP contribution in [0.1, 0.15) is 28.9 Å². The van der Waals surface area contributed by atoms with Crippen LogP contribution in [-0.4, -0.2) is 35.4 Å². The van der Waals surface area contributed by atoms with E-state index in [-0.39, 0.29) is 24.5 Å². The summed E-state index contributed by atoms with van der Waals surface area (Å²) in [5.74, 6) is -0.0825. The van der Waals surface area contributed by atoms with Gasteiger partial charge in [-0.2, -0.15) is 18.3 Å². The first-order valence-corrected chi connectivity index (χ1v) is 10.8. The minimum atomic E-state index is -4.55. The van der Waals surface area contributed by atoms with Crippen LogP contribution in [0.3, 0.4) is 0 Å². The van der Waals surface area contributed by atoms with E-state index in [1.54, 1.807) is 12.1 Å². The van der Waals surface area contributed by atoms with E-state index in [9.17, 15) is 22.8 Å². The summed E-state index contributed by atoms with van der Waals surface area (Å²) in [6.07, 6.45) is -2.70. The van der Waals surface area contributed by atoms with Crippen LogP contribution in [-0.2, 0) is 12.7 Å². The molecule has 3 aromatic rings. The molecule has 0 spiro atoms. The Morgan fingerprint density at radius 1 is 1.03 bits per heavy atom. The molecule has 2 heterocycles. The number of benzene rings is 2. The van der Waals surface area contributed by atoms with Gasteiger partial charge in [-0.3, -0.25) is 9.59 Å². The number of nitrogens with one attached hydrogen (secondary N) is 1. The monoisotopic (exact) mass is 472 g/mol. The smallest absolute Gasteiger partial charge is 0.416 e. The zero-order valence-electron chi connectivity index (χ0n) is 18.2. The Labute approximate surface area is 193 Å². The van der Waals surface area contributed by atoms with Gasteiger partial charge in [-0.25, -0.2) is 4.68 Å². The summed E-state index contributed by atoms with van der Waals surface area (Å²) >= 11 is 0. The topological polar surface area (TPSA) is 76.5 Å². The molecule has 0 unspecified atom stereocenters. The van der Waals surface area contributed by atoms with Gasteiger partial charge in [0.15, 0.2) is 0 Å². The Balaban J connectivity index is 1.53. The van der Waals surface area contributed by atoms with Crippen molar-refractivity contribution in [1.82, 2.24) is 9.78 Å². The first kappa shape index (κ1) is 23.3. The van der Waals surface area contributed by atoms with Gasteiger partial charge >= 0.3 is 6.18 Å². The number of nitrogens with zero attached hydrogens (tertiary/aromatic N) is 3. The molecule has 1 aliphatic heterocycles. The van der Waals surface area contributed by atoms with E-state index in [1.165, 1.54) is 18.2 Å². The average Bonchev–Trinajstić information content (AvgIpc) is 3.35. The number of amides is 1. The van der Waals surface area contributed by atoms with Crippen molar-refractivity contribution in [2.24, 2.45) is 0 Å². The fourth-order valence-corrected chi connectivity index (χ4v) is 3.73. The maximum absolute atomic E-state index is 13.3. The van der Waals surface area contributed by atoms with Crippen molar-refractivity contribution in [3.8, 4) is 5.75 Å². The van der Waals surface area contributed by atoms with Gasteiger partial charge in [-0.15, -0.1) is 0 Å². The normalized spacial score (nSPS) is 13.7. The molecule has 10 heteroatoms. The van der Waals surface area contributed by atoms with E-state index < -0.39 is 23.2 Å². The molecule has 0 bridgehead atoms. The number of rotatable bonds is 7. The molecule has 1 amide bonds. The van der Waals surface area contributed by atoms with E-state index in [0.717, 1.165) is 29.7 Å². The molecule has 2 aromatic carbocycles. The van der Waals surface area contributed by atoms with Crippen LogP contribution >= 0.6 is 0 Å². The van der Waals surface area contributed by atoms with Gasteiger partial charge in [0.25, 0.3) is 11.5 Å². The molecule has 1 fully saturated rings. The van der Waals surface area contributed by atoms with Crippen molar-refractivity contribution in [3.63, 3.8) is 0 Å². The lowest BCUT2D eigenvalue weighted by molar-refractivity contribution is -0.137. The van der Waals surface area contributed by atoms with Gasteiger partial charge in [0.1, 0.15) is 18.1 Å². The number of carbonyl (C=O) groups excluding carboxylic acids is 1. The minimum absolute atomic E-state index is 0.0497. The molecule has 178 valence electrons. The SMILES string of the molecule is O=C(Nc1cc(C(F)(F)F)ccc1N1CCCC1)c1ccc(=O)n(CCOc2ccccc2)n1. The second kappa shape index (κ2) is 9.98. The van der Waals surface area contributed by atoms with Crippen molar-refractivity contribution in [3.05, 3.63) is 82.3 Å². The highest BCUT2D eigenvalue weighted by Gasteiger charge is 2.32. The Morgan fingerprint density at radius 2 is 1.76 bits per heavy atom. The van der Waals surface area contributed by atoms with Gasteiger partial charge in [0.2, 0.25) is 0 Å². The molecule has 1 aromatic heterocycles. The van der Waals surface area contributed by atoms with E-state index in [0.29, 0.717) is 24.5 Å². The maximum atomic E-state index is 13.3. The number of hydrogen-bond donors (Lipinski definition) is 1. The Morgan fingerprint density at radius 3 is 2.47 bits per heavy atom. The molecular formula is C24H23F3N4O3.